The zero-order chi connectivity index (χ0) is 15.9. The number of amides is 1. The Bertz CT molecular complexity index is 733. The van der Waals surface area contributed by atoms with Crippen molar-refractivity contribution < 1.29 is 4.79 Å². The fourth-order valence-corrected chi connectivity index (χ4v) is 3.49. The summed E-state index contributed by atoms with van der Waals surface area (Å²) in [4.78, 5) is 14.5. The third-order valence-corrected chi connectivity index (χ3v) is 5.06. The van der Waals surface area contributed by atoms with E-state index in [2.05, 4.69) is 10.2 Å². The van der Waals surface area contributed by atoms with Crippen molar-refractivity contribution in [3.05, 3.63) is 71.7 Å². The molecule has 0 N–H and O–H groups in total. The Morgan fingerprint density at radius 2 is 1.74 bits per heavy atom. The Balaban J connectivity index is 1.75. The lowest BCUT2D eigenvalue weighted by Gasteiger charge is -2.22. The molecule has 4 nitrogen and oxygen atoms in total. The lowest BCUT2D eigenvalue weighted by atomic mass is 10.2. The quantitative estimate of drug-likeness (QED) is 0.639. The molecular weight excluding hydrogens is 326 g/mol. The number of carbonyl (C=O) groups is 1. The van der Waals surface area contributed by atoms with E-state index in [1.54, 1.807) is 5.51 Å². The Labute approximate surface area is 143 Å². The first kappa shape index (κ1) is 15.7. The Morgan fingerprint density at radius 1 is 1.04 bits per heavy atom. The van der Waals surface area contributed by atoms with E-state index < -0.39 is 0 Å². The van der Waals surface area contributed by atoms with Crippen LogP contribution in [0.3, 0.4) is 0 Å². The van der Waals surface area contributed by atoms with Crippen LogP contribution < -0.4 is 4.90 Å². The summed E-state index contributed by atoms with van der Waals surface area (Å²) in [5.41, 5.74) is 3.68. The topological polar surface area (TPSA) is 46.1 Å². The maximum atomic E-state index is 12.7. The average Bonchev–Trinajstić information content (AvgIpc) is 3.13. The van der Waals surface area contributed by atoms with Crippen LogP contribution in [0.15, 0.2) is 70.5 Å². The molecule has 0 aliphatic rings. The highest BCUT2D eigenvalue weighted by Gasteiger charge is 2.17. The number of rotatable bonds is 6. The van der Waals surface area contributed by atoms with Gasteiger partial charge >= 0.3 is 0 Å². The lowest BCUT2D eigenvalue weighted by Crippen LogP contribution is -2.31. The van der Waals surface area contributed by atoms with Crippen molar-refractivity contribution in [2.45, 2.75) is 10.9 Å². The van der Waals surface area contributed by atoms with Gasteiger partial charge in [-0.3, -0.25) is 4.79 Å². The van der Waals surface area contributed by atoms with Crippen molar-refractivity contribution in [2.75, 3.05) is 10.7 Å². The van der Waals surface area contributed by atoms with Crippen LogP contribution in [0, 0.1) is 0 Å². The van der Waals surface area contributed by atoms with Gasteiger partial charge in [0.05, 0.1) is 12.3 Å². The average molecular weight is 341 g/mol. The van der Waals surface area contributed by atoms with E-state index in [-0.39, 0.29) is 5.91 Å². The molecule has 0 aliphatic carbocycles. The number of hydrogen-bond acceptors (Lipinski definition) is 5. The van der Waals surface area contributed by atoms with Gasteiger partial charge < -0.3 is 4.90 Å². The van der Waals surface area contributed by atoms with Gasteiger partial charge in [0, 0.05) is 5.69 Å². The number of carbonyl (C=O) groups excluding carboxylic acids is 1. The summed E-state index contributed by atoms with van der Waals surface area (Å²) >= 11 is 2.87. The van der Waals surface area contributed by atoms with Crippen LogP contribution in [0.1, 0.15) is 5.56 Å². The minimum Gasteiger partial charge on any atom is -0.307 e. The minimum atomic E-state index is 0.0558. The summed E-state index contributed by atoms with van der Waals surface area (Å²) < 4.78 is 0.811. The van der Waals surface area contributed by atoms with Crippen molar-refractivity contribution in [2.24, 2.45) is 0 Å². The first-order valence-corrected chi connectivity index (χ1v) is 8.98. The molecule has 0 radical (unpaired) electrons. The van der Waals surface area contributed by atoms with Gasteiger partial charge in [-0.25, -0.2) is 0 Å². The highest BCUT2D eigenvalue weighted by atomic mass is 32.2. The lowest BCUT2D eigenvalue weighted by molar-refractivity contribution is -0.116. The highest BCUT2D eigenvalue weighted by molar-refractivity contribution is 8.01. The second kappa shape index (κ2) is 7.89. The molecule has 0 unspecified atom stereocenters. The normalized spacial score (nSPS) is 10.4. The molecule has 2 aromatic carbocycles. The molecule has 1 heterocycles. The molecule has 0 aliphatic heterocycles. The Morgan fingerprint density at radius 3 is 2.39 bits per heavy atom. The second-order valence-corrected chi connectivity index (χ2v) is 6.85. The minimum absolute atomic E-state index is 0.0558. The summed E-state index contributed by atoms with van der Waals surface area (Å²) in [6.45, 7) is 0.556. The summed E-state index contributed by atoms with van der Waals surface area (Å²) in [6, 6.07) is 19.7. The van der Waals surface area contributed by atoms with Crippen LogP contribution in [0.5, 0.6) is 0 Å². The number of nitrogens with zero attached hydrogens (tertiary/aromatic N) is 3. The van der Waals surface area contributed by atoms with Crippen molar-refractivity contribution in [1.82, 2.24) is 10.2 Å². The fraction of sp³-hybridized carbons (Fsp3) is 0.118. The van der Waals surface area contributed by atoms with E-state index in [9.17, 15) is 4.79 Å². The molecule has 0 spiro atoms. The summed E-state index contributed by atoms with van der Waals surface area (Å²) in [5, 5.41) is 7.76. The van der Waals surface area contributed by atoms with Crippen LogP contribution in [0.4, 0.5) is 5.69 Å². The molecule has 0 bridgehead atoms. The third-order valence-electron chi connectivity index (χ3n) is 3.21. The van der Waals surface area contributed by atoms with Gasteiger partial charge in [0.1, 0.15) is 5.51 Å². The summed E-state index contributed by atoms with van der Waals surface area (Å²) in [7, 11) is 0. The molecule has 0 fully saturated rings. The van der Waals surface area contributed by atoms with Crippen LogP contribution in [-0.2, 0) is 11.3 Å². The maximum Gasteiger partial charge on any atom is 0.237 e. The highest BCUT2D eigenvalue weighted by Crippen LogP contribution is 2.22. The number of aromatic nitrogens is 2. The first-order valence-electron chi connectivity index (χ1n) is 7.11. The van der Waals surface area contributed by atoms with Crippen LogP contribution in [-0.4, -0.2) is 21.9 Å². The van der Waals surface area contributed by atoms with E-state index in [0.717, 1.165) is 15.6 Å². The monoisotopic (exact) mass is 341 g/mol. The second-order valence-electron chi connectivity index (χ2n) is 4.79. The summed E-state index contributed by atoms with van der Waals surface area (Å²) in [6.07, 6.45) is 0. The maximum absolute atomic E-state index is 12.7. The van der Waals surface area contributed by atoms with Crippen molar-refractivity contribution >= 4 is 34.7 Å². The molecule has 1 amide bonds. The standard InChI is InChI=1S/C17H15N3OS2/c21-16(12-22-17-19-18-13-23-17)20(15-9-5-2-6-10-15)11-14-7-3-1-4-8-14/h1-10,13H,11-12H2. The van der Waals surface area contributed by atoms with Gasteiger partial charge in [-0.2, -0.15) is 0 Å². The molecule has 116 valence electrons. The number of para-hydroxylation sites is 1. The van der Waals surface area contributed by atoms with Crippen molar-refractivity contribution in [3.63, 3.8) is 0 Å². The zero-order valence-corrected chi connectivity index (χ0v) is 14.0. The molecule has 0 atom stereocenters. The molecule has 0 saturated carbocycles. The summed E-state index contributed by atoms with van der Waals surface area (Å²) in [5.74, 6) is 0.400. The number of anilines is 1. The van der Waals surface area contributed by atoms with Crippen LogP contribution in [0.25, 0.3) is 0 Å². The molecular formula is C17H15N3OS2. The molecule has 3 aromatic rings. The van der Waals surface area contributed by atoms with E-state index >= 15 is 0 Å². The predicted octanol–water partition coefficient (Wildman–Crippen LogP) is 3.86. The third kappa shape index (κ3) is 4.40. The van der Waals surface area contributed by atoms with Crippen LogP contribution in [0.2, 0.25) is 0 Å². The van der Waals surface area contributed by atoms with Gasteiger partial charge in [0.15, 0.2) is 4.34 Å². The molecule has 0 saturated heterocycles. The SMILES string of the molecule is O=C(CSc1nncs1)N(Cc1ccccc1)c1ccccc1. The fourth-order valence-electron chi connectivity index (χ4n) is 2.12. The van der Waals surface area contributed by atoms with Gasteiger partial charge in [0.25, 0.3) is 0 Å². The van der Waals surface area contributed by atoms with Gasteiger partial charge in [0.2, 0.25) is 5.91 Å². The molecule has 23 heavy (non-hydrogen) atoms. The van der Waals surface area contributed by atoms with E-state index in [0.29, 0.717) is 12.3 Å². The molecule has 1 aromatic heterocycles. The molecule has 3 rings (SSSR count). The van der Waals surface area contributed by atoms with Crippen LogP contribution >= 0.6 is 23.1 Å². The van der Waals surface area contributed by atoms with Gasteiger partial charge in [-0.15, -0.1) is 10.2 Å². The zero-order valence-electron chi connectivity index (χ0n) is 12.3. The largest absolute Gasteiger partial charge is 0.307 e. The number of thioether (sulfide) groups is 1. The van der Waals surface area contributed by atoms with Crippen molar-refractivity contribution in [3.8, 4) is 0 Å². The Hall–Kier alpha value is -2.18. The predicted molar refractivity (Wildman–Crippen MR) is 94.7 cm³/mol. The number of hydrogen-bond donors (Lipinski definition) is 0. The first-order chi connectivity index (χ1) is 11.3. The Kier molecular flexibility index (Phi) is 5.39. The van der Waals surface area contributed by atoms with Gasteiger partial charge in [-0.05, 0) is 17.7 Å². The van der Waals surface area contributed by atoms with E-state index in [1.807, 2.05) is 65.6 Å². The van der Waals surface area contributed by atoms with E-state index in [4.69, 9.17) is 0 Å². The van der Waals surface area contributed by atoms with Crippen molar-refractivity contribution in [1.29, 1.82) is 0 Å². The number of benzene rings is 2. The smallest absolute Gasteiger partial charge is 0.237 e. The van der Waals surface area contributed by atoms with E-state index in [1.165, 1.54) is 23.1 Å². The van der Waals surface area contributed by atoms with Gasteiger partial charge in [-0.1, -0.05) is 71.6 Å². The molecule has 6 heteroatoms.